The van der Waals surface area contributed by atoms with Crippen LogP contribution in [0.2, 0.25) is 0 Å². The summed E-state index contributed by atoms with van der Waals surface area (Å²) >= 11 is 4.33. The van der Waals surface area contributed by atoms with Crippen LogP contribution in [0.5, 0.6) is 0 Å². The van der Waals surface area contributed by atoms with Crippen molar-refractivity contribution in [1.82, 2.24) is 9.97 Å². The van der Waals surface area contributed by atoms with Gasteiger partial charge in [0.1, 0.15) is 6.33 Å². The topological polar surface area (TPSA) is 25.8 Å². The zero-order valence-corrected chi connectivity index (χ0v) is 8.18. The molecule has 0 aliphatic carbocycles. The van der Waals surface area contributed by atoms with Gasteiger partial charge in [0, 0.05) is 0 Å². The third-order valence-electron chi connectivity index (χ3n) is 1.62. The molecule has 64 valence electrons. The van der Waals surface area contributed by atoms with Gasteiger partial charge < -0.3 is 0 Å². The number of thiol groups is 1. The molecule has 1 heterocycles. The van der Waals surface area contributed by atoms with Crippen LogP contribution in [0.1, 0.15) is 31.2 Å². The summed E-state index contributed by atoms with van der Waals surface area (Å²) in [6.45, 7) is 7.81. The molecule has 1 rings (SSSR count). The van der Waals surface area contributed by atoms with Crippen molar-refractivity contribution in [2.24, 2.45) is 0 Å². The lowest BCUT2D eigenvalue weighted by atomic mass is 10.1. The van der Waals surface area contributed by atoms with E-state index in [9.17, 15) is 0 Å². The van der Waals surface area contributed by atoms with Crippen molar-refractivity contribution >= 4 is 18.7 Å². The molecule has 3 heteroatoms. The third-order valence-corrected chi connectivity index (χ3v) is 2.08. The van der Waals surface area contributed by atoms with Crippen molar-refractivity contribution in [3.63, 3.8) is 0 Å². The zero-order chi connectivity index (χ0) is 9.14. The van der Waals surface area contributed by atoms with Crippen molar-refractivity contribution in [1.29, 1.82) is 0 Å². The van der Waals surface area contributed by atoms with Crippen LogP contribution >= 0.6 is 12.6 Å². The summed E-state index contributed by atoms with van der Waals surface area (Å²) in [6, 6.07) is 0. The Kier molecular flexibility index (Phi) is 2.87. The predicted octanol–water partition coefficient (Wildman–Crippen LogP) is 2.53. The van der Waals surface area contributed by atoms with Crippen LogP contribution in [-0.4, -0.2) is 9.97 Å². The van der Waals surface area contributed by atoms with Gasteiger partial charge in [-0.05, 0) is 12.0 Å². The molecule has 0 saturated carbocycles. The number of nitrogens with zero attached hydrogens (tertiary/aromatic N) is 2. The highest BCUT2D eigenvalue weighted by molar-refractivity contribution is 7.80. The van der Waals surface area contributed by atoms with Crippen molar-refractivity contribution in [2.45, 2.75) is 24.7 Å². The zero-order valence-electron chi connectivity index (χ0n) is 7.28. The Morgan fingerprint density at radius 2 is 2.17 bits per heavy atom. The summed E-state index contributed by atoms with van der Waals surface area (Å²) in [5.41, 5.74) is 1.78. The van der Waals surface area contributed by atoms with Crippen LogP contribution in [0.15, 0.2) is 17.8 Å². The molecule has 0 radical (unpaired) electrons. The quantitative estimate of drug-likeness (QED) is 0.708. The minimum atomic E-state index is 0.374. The highest BCUT2D eigenvalue weighted by Gasteiger charge is 2.08. The van der Waals surface area contributed by atoms with Gasteiger partial charge in [-0.3, -0.25) is 0 Å². The maximum atomic E-state index is 4.33. The molecular weight excluding hydrogens is 168 g/mol. The molecule has 1 aromatic rings. The van der Waals surface area contributed by atoms with Crippen LogP contribution in [0.3, 0.4) is 0 Å². The Balaban J connectivity index is 3.22. The minimum absolute atomic E-state index is 0.374. The first-order chi connectivity index (χ1) is 5.66. The standard InChI is InChI=1S/C9H12N2S/c1-4-7-9(12)8(6(2)3)11-5-10-7/h4-6,12H,1H2,2-3H3. The summed E-state index contributed by atoms with van der Waals surface area (Å²) in [4.78, 5) is 9.02. The largest absolute Gasteiger partial charge is 0.240 e. The number of rotatable bonds is 2. The van der Waals surface area contributed by atoms with E-state index in [0.717, 1.165) is 16.3 Å². The SMILES string of the molecule is C=Cc1ncnc(C(C)C)c1S. The Morgan fingerprint density at radius 1 is 1.50 bits per heavy atom. The Morgan fingerprint density at radius 3 is 2.67 bits per heavy atom. The summed E-state index contributed by atoms with van der Waals surface area (Å²) in [7, 11) is 0. The number of hydrogen-bond acceptors (Lipinski definition) is 3. The molecule has 0 spiro atoms. The maximum absolute atomic E-state index is 4.33. The van der Waals surface area contributed by atoms with E-state index in [2.05, 4.69) is 43.0 Å². The predicted molar refractivity (Wildman–Crippen MR) is 53.5 cm³/mol. The van der Waals surface area contributed by atoms with E-state index in [4.69, 9.17) is 0 Å². The first-order valence-corrected chi connectivity index (χ1v) is 4.27. The van der Waals surface area contributed by atoms with Gasteiger partial charge in [-0.1, -0.05) is 20.4 Å². The van der Waals surface area contributed by atoms with E-state index in [1.165, 1.54) is 0 Å². The van der Waals surface area contributed by atoms with E-state index < -0.39 is 0 Å². The van der Waals surface area contributed by atoms with E-state index in [-0.39, 0.29) is 0 Å². The van der Waals surface area contributed by atoms with Gasteiger partial charge in [-0.15, -0.1) is 12.6 Å². The second-order valence-corrected chi connectivity index (χ2v) is 3.30. The van der Waals surface area contributed by atoms with Gasteiger partial charge >= 0.3 is 0 Å². The van der Waals surface area contributed by atoms with Gasteiger partial charge in [0.25, 0.3) is 0 Å². The molecule has 0 aliphatic rings. The fraction of sp³-hybridized carbons (Fsp3) is 0.333. The molecule has 0 saturated heterocycles. The second-order valence-electron chi connectivity index (χ2n) is 2.85. The van der Waals surface area contributed by atoms with Crippen LogP contribution < -0.4 is 0 Å². The van der Waals surface area contributed by atoms with Crippen LogP contribution in [0, 0.1) is 0 Å². The summed E-state index contributed by atoms with van der Waals surface area (Å²) < 4.78 is 0. The van der Waals surface area contributed by atoms with Gasteiger partial charge in [-0.25, -0.2) is 9.97 Å². The highest BCUT2D eigenvalue weighted by Crippen LogP contribution is 2.22. The smallest absolute Gasteiger partial charge is 0.116 e. The third kappa shape index (κ3) is 1.67. The van der Waals surface area contributed by atoms with Crippen molar-refractivity contribution in [3.05, 3.63) is 24.3 Å². The van der Waals surface area contributed by atoms with E-state index >= 15 is 0 Å². The van der Waals surface area contributed by atoms with Crippen molar-refractivity contribution in [2.75, 3.05) is 0 Å². The highest BCUT2D eigenvalue weighted by atomic mass is 32.1. The molecule has 0 aliphatic heterocycles. The number of hydrogen-bond donors (Lipinski definition) is 1. The molecular formula is C9H12N2S. The molecule has 0 aromatic carbocycles. The molecule has 1 aromatic heterocycles. The Hall–Kier alpha value is -0.830. The average Bonchev–Trinajstić information content (AvgIpc) is 2.04. The first-order valence-electron chi connectivity index (χ1n) is 3.83. The Bertz CT molecular complexity index is 295. The van der Waals surface area contributed by atoms with E-state index in [1.54, 1.807) is 12.4 Å². The molecule has 0 bridgehead atoms. The van der Waals surface area contributed by atoms with Crippen molar-refractivity contribution in [3.8, 4) is 0 Å². The van der Waals surface area contributed by atoms with Gasteiger partial charge in [0.2, 0.25) is 0 Å². The fourth-order valence-corrected chi connectivity index (χ4v) is 1.44. The summed E-state index contributed by atoms with van der Waals surface area (Å²) in [6.07, 6.45) is 3.24. The summed E-state index contributed by atoms with van der Waals surface area (Å²) in [5.74, 6) is 0.374. The van der Waals surface area contributed by atoms with Gasteiger partial charge in [-0.2, -0.15) is 0 Å². The van der Waals surface area contributed by atoms with E-state index in [0.29, 0.717) is 5.92 Å². The van der Waals surface area contributed by atoms with E-state index in [1.807, 2.05) is 0 Å². The minimum Gasteiger partial charge on any atom is -0.240 e. The molecule has 0 unspecified atom stereocenters. The average molecular weight is 180 g/mol. The Labute approximate surface area is 78.2 Å². The lowest BCUT2D eigenvalue weighted by molar-refractivity contribution is 0.781. The summed E-state index contributed by atoms with van der Waals surface area (Å²) in [5, 5.41) is 0. The van der Waals surface area contributed by atoms with Crippen LogP contribution in [0.4, 0.5) is 0 Å². The maximum Gasteiger partial charge on any atom is 0.116 e. The molecule has 12 heavy (non-hydrogen) atoms. The van der Waals surface area contributed by atoms with Crippen LogP contribution in [-0.2, 0) is 0 Å². The molecule has 0 fully saturated rings. The van der Waals surface area contributed by atoms with Crippen LogP contribution in [0.25, 0.3) is 6.08 Å². The number of aromatic nitrogens is 2. The normalized spacial score (nSPS) is 10.3. The molecule has 0 amide bonds. The van der Waals surface area contributed by atoms with Gasteiger partial charge in [0.05, 0.1) is 16.3 Å². The molecule has 2 nitrogen and oxygen atoms in total. The van der Waals surface area contributed by atoms with Gasteiger partial charge in [0.15, 0.2) is 0 Å². The molecule has 0 N–H and O–H groups in total. The molecule has 0 atom stereocenters. The fourth-order valence-electron chi connectivity index (χ4n) is 0.979. The lowest BCUT2D eigenvalue weighted by Gasteiger charge is -2.08. The monoisotopic (exact) mass is 180 g/mol. The first kappa shape index (κ1) is 9.26. The second kappa shape index (κ2) is 3.72. The van der Waals surface area contributed by atoms with Crippen molar-refractivity contribution < 1.29 is 0 Å². The lowest BCUT2D eigenvalue weighted by Crippen LogP contribution is -1.97.